The quantitative estimate of drug-likeness (QED) is 0.759. The molecule has 0 bridgehead atoms. The minimum absolute atomic E-state index is 0.122. The third-order valence-electron chi connectivity index (χ3n) is 1.81. The first kappa shape index (κ1) is 11.8. The van der Waals surface area contributed by atoms with Gasteiger partial charge in [-0.15, -0.1) is 0 Å². The lowest BCUT2D eigenvalue weighted by Gasteiger charge is -2.16. The molecule has 1 aromatic rings. The van der Waals surface area contributed by atoms with Crippen LogP contribution < -0.4 is 10.6 Å². The van der Waals surface area contributed by atoms with E-state index in [-0.39, 0.29) is 6.03 Å². The van der Waals surface area contributed by atoms with Gasteiger partial charge >= 0.3 is 6.03 Å². The molecule has 0 radical (unpaired) electrons. The van der Waals surface area contributed by atoms with Crippen molar-refractivity contribution in [3.05, 3.63) is 30.3 Å². The zero-order chi connectivity index (χ0) is 11.3. The molecule has 0 saturated carbocycles. The second-order valence-electron chi connectivity index (χ2n) is 4.73. The SMILES string of the molecule is C[Si](C)(C)CNC(=O)Nc1ccccc1. The maximum Gasteiger partial charge on any atom is 0.318 e. The number of carbonyl (C=O) groups excluding carboxylic acids is 1. The average Bonchev–Trinajstić information content (AvgIpc) is 2.15. The number of hydrogen-bond donors (Lipinski definition) is 2. The van der Waals surface area contributed by atoms with Crippen molar-refractivity contribution in [2.45, 2.75) is 19.6 Å². The van der Waals surface area contributed by atoms with Gasteiger partial charge in [0.1, 0.15) is 0 Å². The predicted molar refractivity (Wildman–Crippen MR) is 66.8 cm³/mol. The summed E-state index contributed by atoms with van der Waals surface area (Å²) in [6.07, 6.45) is 0.797. The van der Waals surface area contributed by atoms with Crippen molar-refractivity contribution in [2.24, 2.45) is 0 Å². The molecule has 0 saturated heterocycles. The maximum absolute atomic E-state index is 11.5. The Labute approximate surface area is 91.9 Å². The van der Waals surface area contributed by atoms with Crippen LogP contribution in [0.3, 0.4) is 0 Å². The largest absolute Gasteiger partial charge is 0.341 e. The monoisotopic (exact) mass is 222 g/mol. The van der Waals surface area contributed by atoms with Crippen molar-refractivity contribution in [3.8, 4) is 0 Å². The van der Waals surface area contributed by atoms with Gasteiger partial charge in [-0.25, -0.2) is 4.79 Å². The van der Waals surface area contributed by atoms with Gasteiger partial charge in [0.15, 0.2) is 0 Å². The lowest BCUT2D eigenvalue weighted by Crippen LogP contribution is -2.41. The van der Waals surface area contributed by atoms with E-state index in [1.165, 1.54) is 0 Å². The number of benzene rings is 1. The fourth-order valence-electron chi connectivity index (χ4n) is 1.04. The van der Waals surface area contributed by atoms with Crippen LogP contribution in [0.5, 0.6) is 0 Å². The second kappa shape index (κ2) is 4.98. The minimum atomic E-state index is -1.21. The summed E-state index contributed by atoms with van der Waals surface area (Å²) in [5.74, 6) is 0. The fraction of sp³-hybridized carbons (Fsp3) is 0.364. The Morgan fingerprint density at radius 1 is 1.20 bits per heavy atom. The molecule has 82 valence electrons. The summed E-state index contributed by atoms with van der Waals surface area (Å²) in [5.41, 5.74) is 0.825. The van der Waals surface area contributed by atoms with Crippen LogP contribution in [-0.2, 0) is 0 Å². The molecule has 0 heterocycles. The van der Waals surface area contributed by atoms with Crippen molar-refractivity contribution >= 4 is 19.8 Å². The molecule has 1 aromatic carbocycles. The van der Waals surface area contributed by atoms with Gasteiger partial charge in [0.05, 0.1) is 8.07 Å². The molecule has 0 spiro atoms. The molecule has 15 heavy (non-hydrogen) atoms. The molecule has 0 aromatic heterocycles. The third kappa shape index (κ3) is 5.22. The van der Waals surface area contributed by atoms with E-state index >= 15 is 0 Å². The maximum atomic E-state index is 11.5. The highest BCUT2D eigenvalue weighted by Crippen LogP contribution is 2.04. The van der Waals surface area contributed by atoms with Crippen LogP contribution in [0.1, 0.15) is 0 Å². The van der Waals surface area contributed by atoms with Crippen LogP contribution >= 0.6 is 0 Å². The van der Waals surface area contributed by atoms with E-state index in [1.807, 2.05) is 30.3 Å². The molecular weight excluding hydrogens is 204 g/mol. The van der Waals surface area contributed by atoms with Crippen molar-refractivity contribution < 1.29 is 4.79 Å². The molecular formula is C11H18N2OSi. The van der Waals surface area contributed by atoms with Crippen LogP contribution in [0, 0.1) is 0 Å². The van der Waals surface area contributed by atoms with E-state index in [4.69, 9.17) is 0 Å². The van der Waals surface area contributed by atoms with Crippen molar-refractivity contribution in [1.29, 1.82) is 0 Å². The first-order chi connectivity index (χ1) is 6.97. The summed E-state index contributed by atoms with van der Waals surface area (Å²) in [6.45, 7) is 6.65. The minimum Gasteiger partial charge on any atom is -0.341 e. The molecule has 0 aliphatic heterocycles. The number of para-hydroxylation sites is 1. The Morgan fingerprint density at radius 2 is 1.80 bits per heavy atom. The van der Waals surface area contributed by atoms with Gasteiger partial charge in [0.2, 0.25) is 0 Å². The summed E-state index contributed by atoms with van der Waals surface area (Å²) < 4.78 is 0. The molecule has 0 unspecified atom stereocenters. The Bertz CT molecular complexity index is 319. The van der Waals surface area contributed by atoms with Gasteiger partial charge in [-0.2, -0.15) is 0 Å². The fourth-order valence-corrected chi connectivity index (χ4v) is 1.73. The van der Waals surface area contributed by atoms with Gasteiger partial charge in [0.25, 0.3) is 0 Å². The molecule has 2 N–H and O–H groups in total. The number of nitrogens with one attached hydrogen (secondary N) is 2. The highest BCUT2D eigenvalue weighted by molar-refractivity contribution is 6.76. The van der Waals surface area contributed by atoms with Crippen molar-refractivity contribution in [2.75, 3.05) is 11.5 Å². The van der Waals surface area contributed by atoms with Crippen molar-refractivity contribution in [3.63, 3.8) is 0 Å². The zero-order valence-corrected chi connectivity index (χ0v) is 10.5. The van der Waals surface area contributed by atoms with Crippen molar-refractivity contribution in [1.82, 2.24) is 5.32 Å². The molecule has 3 nitrogen and oxygen atoms in total. The number of urea groups is 1. The molecule has 4 heteroatoms. The van der Waals surface area contributed by atoms with E-state index < -0.39 is 8.07 Å². The lowest BCUT2D eigenvalue weighted by atomic mass is 10.3. The third-order valence-corrected chi connectivity index (χ3v) is 3.05. The molecule has 0 atom stereocenters. The molecule has 2 amide bonds. The molecule has 0 fully saturated rings. The standard InChI is InChI=1S/C11H18N2OSi/c1-15(2,3)9-12-11(14)13-10-7-5-4-6-8-10/h4-8H,9H2,1-3H3,(H2,12,13,14). The number of hydrogen-bond acceptors (Lipinski definition) is 1. The first-order valence-electron chi connectivity index (χ1n) is 5.07. The lowest BCUT2D eigenvalue weighted by molar-refractivity contribution is 0.253. The molecule has 0 aliphatic rings. The van der Waals surface area contributed by atoms with Gasteiger partial charge in [-0.05, 0) is 12.1 Å². The number of carbonyl (C=O) groups is 1. The van der Waals surface area contributed by atoms with Gasteiger partial charge < -0.3 is 10.6 Å². The highest BCUT2D eigenvalue weighted by atomic mass is 28.3. The highest BCUT2D eigenvalue weighted by Gasteiger charge is 2.13. The molecule has 1 rings (SSSR count). The van der Waals surface area contributed by atoms with Crippen LogP contribution in [0.25, 0.3) is 0 Å². The van der Waals surface area contributed by atoms with Gasteiger partial charge in [-0.3, -0.25) is 0 Å². The van der Waals surface area contributed by atoms with Crippen LogP contribution in [-0.4, -0.2) is 20.3 Å². The summed E-state index contributed by atoms with van der Waals surface area (Å²) in [5, 5.41) is 5.67. The van der Waals surface area contributed by atoms with Gasteiger partial charge in [-0.1, -0.05) is 37.8 Å². The number of rotatable bonds is 3. The van der Waals surface area contributed by atoms with Crippen LogP contribution in [0.2, 0.25) is 19.6 Å². The topological polar surface area (TPSA) is 41.1 Å². The van der Waals surface area contributed by atoms with E-state index in [9.17, 15) is 4.79 Å². The normalized spacial score (nSPS) is 10.9. The van der Waals surface area contributed by atoms with E-state index in [2.05, 4.69) is 30.3 Å². The molecule has 0 aliphatic carbocycles. The van der Waals surface area contributed by atoms with E-state index in [1.54, 1.807) is 0 Å². The Kier molecular flexibility index (Phi) is 3.91. The van der Waals surface area contributed by atoms with Gasteiger partial charge in [0, 0.05) is 11.9 Å². The first-order valence-corrected chi connectivity index (χ1v) is 8.78. The van der Waals surface area contributed by atoms with E-state index in [0.29, 0.717) is 0 Å². The number of amides is 2. The Hall–Kier alpha value is -1.29. The Balaban J connectivity index is 2.38. The summed E-state index contributed by atoms with van der Waals surface area (Å²) >= 11 is 0. The predicted octanol–water partition coefficient (Wildman–Crippen LogP) is 2.69. The van der Waals surface area contributed by atoms with E-state index in [0.717, 1.165) is 11.9 Å². The smallest absolute Gasteiger partial charge is 0.318 e. The zero-order valence-electron chi connectivity index (χ0n) is 9.50. The summed E-state index contributed by atoms with van der Waals surface area (Å²) in [4.78, 5) is 11.5. The second-order valence-corrected chi connectivity index (χ2v) is 10.2. The van der Waals surface area contributed by atoms with Crippen LogP contribution in [0.15, 0.2) is 30.3 Å². The summed E-state index contributed by atoms with van der Waals surface area (Å²) in [6, 6.07) is 9.33. The van der Waals surface area contributed by atoms with Crippen LogP contribution in [0.4, 0.5) is 10.5 Å². The Morgan fingerprint density at radius 3 is 2.33 bits per heavy atom. The average molecular weight is 222 g/mol. The summed E-state index contributed by atoms with van der Waals surface area (Å²) in [7, 11) is -1.21. The number of anilines is 1.